The van der Waals surface area contributed by atoms with Gasteiger partial charge in [0.05, 0.1) is 17.4 Å². The highest BCUT2D eigenvalue weighted by Crippen LogP contribution is 2.35. The Hall–Kier alpha value is -4.88. The lowest BCUT2D eigenvalue weighted by atomic mass is 10.1. The summed E-state index contributed by atoms with van der Waals surface area (Å²) < 4.78 is 72.5. The minimum absolute atomic E-state index is 0.0421. The van der Waals surface area contributed by atoms with E-state index in [1.165, 1.54) is 53.6 Å². The van der Waals surface area contributed by atoms with E-state index in [0.717, 1.165) is 22.7 Å². The second kappa shape index (κ2) is 8.96. The largest absolute Gasteiger partial charge is 0.434 e. The van der Waals surface area contributed by atoms with Crippen LogP contribution >= 0.6 is 0 Å². The number of aromatic nitrogens is 6. The molecule has 9 nitrogen and oxygen atoms in total. The number of alkyl halides is 5. The van der Waals surface area contributed by atoms with Gasteiger partial charge in [0, 0.05) is 42.1 Å². The lowest BCUT2D eigenvalue weighted by Gasteiger charge is -2.15. The van der Waals surface area contributed by atoms with Crippen molar-refractivity contribution in [3.63, 3.8) is 0 Å². The monoisotopic (exact) mass is 515 g/mol. The van der Waals surface area contributed by atoms with Crippen LogP contribution in [0.25, 0.3) is 17.0 Å². The highest BCUT2D eigenvalue weighted by Gasteiger charge is 2.41. The first-order valence-electron chi connectivity index (χ1n) is 10.5. The third-order valence-electron chi connectivity index (χ3n) is 5.38. The summed E-state index contributed by atoms with van der Waals surface area (Å²) >= 11 is 0. The molecule has 5 rings (SSSR count). The van der Waals surface area contributed by atoms with E-state index in [4.69, 9.17) is 0 Å². The Morgan fingerprint density at radius 3 is 2.49 bits per heavy atom. The summed E-state index contributed by atoms with van der Waals surface area (Å²) in [5.41, 5.74) is -3.74. The van der Waals surface area contributed by atoms with Crippen LogP contribution in [0.3, 0.4) is 0 Å². The van der Waals surface area contributed by atoms with Crippen molar-refractivity contribution in [1.82, 2.24) is 28.9 Å². The maximum atomic E-state index is 14.1. The molecule has 5 aromatic rings. The number of hydrogen-bond acceptors (Lipinski definition) is 5. The molecule has 1 N–H and O–H groups in total. The van der Waals surface area contributed by atoms with Gasteiger partial charge in [0.1, 0.15) is 5.69 Å². The molecule has 188 valence electrons. The number of anilines is 1. The molecular formula is C23H14F5N7O2. The van der Waals surface area contributed by atoms with Crippen LogP contribution in [0.4, 0.5) is 27.6 Å². The molecule has 0 spiro atoms. The maximum Gasteiger partial charge on any atom is 0.434 e. The maximum absolute atomic E-state index is 14.1. The van der Waals surface area contributed by atoms with Gasteiger partial charge in [-0.15, -0.1) is 0 Å². The molecule has 1 amide bonds. The number of carbonyl (C=O) groups excluding carboxylic acids is 1. The molecule has 14 heteroatoms. The van der Waals surface area contributed by atoms with Crippen LogP contribution in [0.15, 0.2) is 78.2 Å². The molecule has 37 heavy (non-hydrogen) atoms. The minimum Gasteiger partial charge on any atom is -0.322 e. The number of nitrogens with zero attached hydrogens (tertiary/aromatic N) is 6. The fourth-order valence-electron chi connectivity index (χ4n) is 3.81. The molecule has 0 bridgehead atoms. The van der Waals surface area contributed by atoms with Gasteiger partial charge in [-0.3, -0.25) is 14.0 Å². The van der Waals surface area contributed by atoms with Crippen molar-refractivity contribution in [3.05, 3.63) is 101 Å². The summed E-state index contributed by atoms with van der Waals surface area (Å²) in [6.07, 6.45) is -2.00. The first-order chi connectivity index (χ1) is 17.6. The van der Waals surface area contributed by atoms with Gasteiger partial charge in [-0.25, -0.2) is 23.1 Å². The number of carbonyl (C=O) groups is 1. The van der Waals surface area contributed by atoms with Gasteiger partial charge >= 0.3 is 6.18 Å². The van der Waals surface area contributed by atoms with E-state index in [2.05, 4.69) is 20.5 Å². The number of amides is 1. The van der Waals surface area contributed by atoms with Gasteiger partial charge in [-0.2, -0.15) is 23.4 Å². The van der Waals surface area contributed by atoms with E-state index in [9.17, 15) is 31.5 Å². The Bertz CT molecular complexity index is 1670. The zero-order chi connectivity index (χ0) is 26.3. The number of halogens is 5. The van der Waals surface area contributed by atoms with Gasteiger partial charge in [0.15, 0.2) is 11.3 Å². The van der Waals surface area contributed by atoms with Gasteiger partial charge in [0.25, 0.3) is 17.9 Å². The first-order valence-corrected chi connectivity index (χ1v) is 10.5. The van der Waals surface area contributed by atoms with E-state index in [-0.39, 0.29) is 22.7 Å². The highest BCUT2D eigenvalue weighted by atomic mass is 19.4. The van der Waals surface area contributed by atoms with Crippen molar-refractivity contribution in [2.45, 2.75) is 12.6 Å². The van der Waals surface area contributed by atoms with Crippen LogP contribution in [0, 0.1) is 0 Å². The van der Waals surface area contributed by atoms with Crippen LogP contribution in [0.1, 0.15) is 28.0 Å². The lowest BCUT2D eigenvalue weighted by Crippen LogP contribution is -2.22. The Balaban J connectivity index is 1.56. The Morgan fingerprint density at radius 2 is 1.78 bits per heavy atom. The average Bonchev–Trinajstić information content (AvgIpc) is 3.54. The van der Waals surface area contributed by atoms with Crippen LogP contribution in [-0.2, 0) is 6.18 Å². The zero-order valence-electron chi connectivity index (χ0n) is 18.4. The molecule has 0 atom stereocenters. The number of nitrogens with one attached hydrogen (secondary N) is 1. The third kappa shape index (κ3) is 4.32. The predicted molar refractivity (Wildman–Crippen MR) is 120 cm³/mol. The number of pyridine rings is 1. The predicted octanol–water partition coefficient (Wildman–Crippen LogP) is 4.27. The molecule has 4 heterocycles. The fraction of sp³-hybridized carbons (Fsp3) is 0.0870. The number of benzene rings is 1. The lowest BCUT2D eigenvalue weighted by molar-refractivity contribution is -0.143. The third-order valence-corrected chi connectivity index (χ3v) is 5.38. The normalized spacial score (nSPS) is 11.8. The smallest absolute Gasteiger partial charge is 0.322 e. The molecule has 0 saturated heterocycles. The summed E-state index contributed by atoms with van der Waals surface area (Å²) in [5.74, 6) is -1.23. The van der Waals surface area contributed by atoms with Gasteiger partial charge < -0.3 is 5.32 Å². The fourth-order valence-corrected chi connectivity index (χ4v) is 3.81. The Labute approximate surface area is 203 Å². The van der Waals surface area contributed by atoms with Crippen molar-refractivity contribution in [1.29, 1.82) is 0 Å². The molecular weight excluding hydrogens is 501 g/mol. The highest BCUT2D eigenvalue weighted by molar-refractivity contribution is 6.05. The molecule has 0 aliphatic carbocycles. The SMILES string of the molecule is O=C(Nc1ccc(-n2cccn2)c(C(F)F)c1)c1cnn(-c2cccn3c(=O)ccnc23)c1C(F)(F)F. The van der Waals surface area contributed by atoms with Crippen LogP contribution in [0.5, 0.6) is 0 Å². The summed E-state index contributed by atoms with van der Waals surface area (Å²) in [4.78, 5) is 29.0. The molecule has 0 aliphatic heterocycles. The van der Waals surface area contributed by atoms with E-state index in [0.29, 0.717) is 10.9 Å². The second-order valence-corrected chi connectivity index (χ2v) is 7.67. The summed E-state index contributed by atoms with van der Waals surface area (Å²) in [6, 6.07) is 8.74. The minimum atomic E-state index is -5.05. The van der Waals surface area contributed by atoms with E-state index >= 15 is 0 Å². The Morgan fingerprint density at radius 1 is 0.973 bits per heavy atom. The standard InChI is InChI=1S/C23H14F5N7O2/c24-20(25)14-11-13(4-5-16(14)34-10-2-7-30-34)32-22(37)15-12-31-35(19(15)23(26,27)28)17-3-1-9-33-18(36)6-8-29-21(17)33/h1-12,20H,(H,32,37). The molecule has 4 aromatic heterocycles. The zero-order valence-corrected chi connectivity index (χ0v) is 18.4. The van der Waals surface area contributed by atoms with Crippen molar-refractivity contribution >= 4 is 17.2 Å². The van der Waals surface area contributed by atoms with Crippen molar-refractivity contribution in [2.75, 3.05) is 5.32 Å². The molecule has 0 fully saturated rings. The van der Waals surface area contributed by atoms with Gasteiger partial charge in [-0.05, 0) is 36.4 Å². The van der Waals surface area contributed by atoms with Crippen molar-refractivity contribution < 1.29 is 26.7 Å². The number of rotatable bonds is 5. The quantitative estimate of drug-likeness (QED) is 0.353. The first kappa shape index (κ1) is 23.8. The topological polar surface area (TPSA) is 99.1 Å². The molecule has 1 aromatic carbocycles. The van der Waals surface area contributed by atoms with E-state index in [1.807, 2.05) is 0 Å². The molecule has 0 radical (unpaired) electrons. The van der Waals surface area contributed by atoms with Gasteiger partial charge in [-0.1, -0.05) is 0 Å². The van der Waals surface area contributed by atoms with Crippen LogP contribution in [0.2, 0.25) is 0 Å². The van der Waals surface area contributed by atoms with E-state index in [1.54, 1.807) is 0 Å². The summed E-state index contributed by atoms with van der Waals surface area (Å²) in [5, 5.41) is 9.86. The van der Waals surface area contributed by atoms with Crippen molar-refractivity contribution in [3.8, 4) is 11.4 Å². The number of hydrogen-bond donors (Lipinski definition) is 1. The molecule has 0 aliphatic rings. The molecule has 0 saturated carbocycles. The van der Waals surface area contributed by atoms with Crippen LogP contribution < -0.4 is 10.9 Å². The van der Waals surface area contributed by atoms with Crippen LogP contribution in [-0.4, -0.2) is 34.9 Å². The Kier molecular flexibility index (Phi) is 5.78. The van der Waals surface area contributed by atoms with Crippen molar-refractivity contribution in [2.24, 2.45) is 0 Å². The molecule has 0 unspecified atom stereocenters. The number of fused-ring (bicyclic) bond motifs is 1. The van der Waals surface area contributed by atoms with Gasteiger partial charge in [0.2, 0.25) is 0 Å². The average molecular weight is 515 g/mol. The van der Waals surface area contributed by atoms with E-state index < -0.39 is 40.9 Å². The summed E-state index contributed by atoms with van der Waals surface area (Å²) in [7, 11) is 0. The summed E-state index contributed by atoms with van der Waals surface area (Å²) in [6.45, 7) is 0. The second-order valence-electron chi connectivity index (χ2n) is 7.67.